The van der Waals surface area contributed by atoms with Crippen molar-refractivity contribution in [2.75, 3.05) is 0 Å². The summed E-state index contributed by atoms with van der Waals surface area (Å²) >= 11 is 0. The molecule has 0 spiro atoms. The third kappa shape index (κ3) is 3.71. The van der Waals surface area contributed by atoms with Crippen molar-refractivity contribution in [1.29, 1.82) is 0 Å². The maximum atomic E-state index is 11.9. The molecule has 0 unspecified atom stereocenters. The van der Waals surface area contributed by atoms with Crippen LogP contribution in [0.15, 0.2) is 36.9 Å². The normalized spacial score (nSPS) is 12.2. The second kappa shape index (κ2) is 6.21. The quantitative estimate of drug-likeness (QED) is 0.767. The average molecular weight is 233 g/mol. The first kappa shape index (κ1) is 13.5. The van der Waals surface area contributed by atoms with E-state index in [0.29, 0.717) is 17.5 Å². The highest BCUT2D eigenvalue weighted by atomic mass is 16.3. The van der Waals surface area contributed by atoms with Crippen LogP contribution in [0.25, 0.3) is 0 Å². The minimum absolute atomic E-state index is 0.0760. The number of rotatable bonds is 5. The molecule has 1 rings (SSSR count). The number of amides is 1. The molecule has 0 bridgehead atoms. The van der Waals surface area contributed by atoms with Crippen LogP contribution in [0.4, 0.5) is 0 Å². The molecule has 0 fully saturated rings. The molecular weight excluding hydrogens is 214 g/mol. The number of hydrogen-bond donors (Lipinski definition) is 2. The molecule has 0 heterocycles. The average Bonchev–Trinajstić information content (AvgIpc) is 2.28. The lowest BCUT2D eigenvalue weighted by molar-refractivity contribution is 0.0935. The van der Waals surface area contributed by atoms with Crippen LogP contribution < -0.4 is 5.32 Å². The molecule has 92 valence electrons. The Morgan fingerprint density at radius 3 is 2.71 bits per heavy atom. The molecule has 0 aliphatic carbocycles. The summed E-state index contributed by atoms with van der Waals surface area (Å²) in [5.74, 6) is -0.154. The standard InChI is InChI=1S/C14H19NO2/c1-4-7-13(16)11-8-5-6-9-12(11)14(17)15-10(2)3/h4-6,8-10,13,16H,1,7H2,2-3H3,(H,15,17)/t13-/m0/s1. The Balaban J connectivity index is 2.98. The second-order valence-corrected chi connectivity index (χ2v) is 4.26. The van der Waals surface area contributed by atoms with Gasteiger partial charge in [0.15, 0.2) is 0 Å². The summed E-state index contributed by atoms with van der Waals surface area (Å²) in [4.78, 5) is 11.9. The van der Waals surface area contributed by atoms with Crippen molar-refractivity contribution >= 4 is 5.91 Å². The number of hydrogen-bond acceptors (Lipinski definition) is 2. The van der Waals surface area contributed by atoms with Crippen molar-refractivity contribution in [1.82, 2.24) is 5.32 Å². The number of aliphatic hydroxyl groups excluding tert-OH is 1. The molecule has 1 aromatic rings. The molecule has 0 radical (unpaired) electrons. The van der Waals surface area contributed by atoms with Crippen molar-refractivity contribution in [3.05, 3.63) is 48.0 Å². The van der Waals surface area contributed by atoms with Gasteiger partial charge in [-0.2, -0.15) is 0 Å². The molecule has 0 saturated heterocycles. The minimum atomic E-state index is -0.679. The van der Waals surface area contributed by atoms with Crippen molar-refractivity contribution < 1.29 is 9.90 Å². The molecule has 0 aromatic heterocycles. The number of nitrogens with one attached hydrogen (secondary N) is 1. The SMILES string of the molecule is C=CC[C@H](O)c1ccccc1C(=O)NC(C)C. The van der Waals surface area contributed by atoms with Crippen molar-refractivity contribution in [3.63, 3.8) is 0 Å². The van der Waals surface area contributed by atoms with E-state index in [4.69, 9.17) is 0 Å². The van der Waals surface area contributed by atoms with Gasteiger partial charge in [0.25, 0.3) is 5.91 Å². The zero-order valence-corrected chi connectivity index (χ0v) is 10.3. The highest BCUT2D eigenvalue weighted by Gasteiger charge is 2.16. The first-order valence-corrected chi connectivity index (χ1v) is 5.75. The van der Waals surface area contributed by atoms with Gasteiger partial charge in [0.1, 0.15) is 0 Å². The summed E-state index contributed by atoms with van der Waals surface area (Å²) in [6.45, 7) is 7.40. The first-order valence-electron chi connectivity index (χ1n) is 5.75. The molecule has 2 N–H and O–H groups in total. The van der Waals surface area contributed by atoms with Gasteiger partial charge in [0.2, 0.25) is 0 Å². The Kier molecular flexibility index (Phi) is 4.91. The fourth-order valence-electron chi connectivity index (χ4n) is 1.62. The van der Waals surface area contributed by atoms with E-state index in [1.54, 1.807) is 24.3 Å². The molecule has 1 amide bonds. The van der Waals surface area contributed by atoms with E-state index >= 15 is 0 Å². The Bertz CT molecular complexity index is 399. The maximum absolute atomic E-state index is 11.9. The smallest absolute Gasteiger partial charge is 0.251 e. The van der Waals surface area contributed by atoms with Crippen LogP contribution in [0.1, 0.15) is 42.3 Å². The highest BCUT2D eigenvalue weighted by Crippen LogP contribution is 2.21. The zero-order chi connectivity index (χ0) is 12.8. The highest BCUT2D eigenvalue weighted by molar-refractivity contribution is 5.95. The molecule has 17 heavy (non-hydrogen) atoms. The molecule has 0 saturated carbocycles. The number of aliphatic hydroxyl groups is 1. The lowest BCUT2D eigenvalue weighted by Crippen LogP contribution is -2.31. The van der Waals surface area contributed by atoms with Crippen molar-refractivity contribution in [2.24, 2.45) is 0 Å². The van der Waals surface area contributed by atoms with Gasteiger partial charge in [-0.3, -0.25) is 4.79 Å². The van der Waals surface area contributed by atoms with Gasteiger partial charge in [-0.05, 0) is 31.9 Å². The third-order valence-electron chi connectivity index (χ3n) is 2.37. The molecular formula is C14H19NO2. The van der Waals surface area contributed by atoms with Crippen LogP contribution in [0.5, 0.6) is 0 Å². The Morgan fingerprint density at radius 1 is 1.47 bits per heavy atom. The van der Waals surface area contributed by atoms with E-state index in [2.05, 4.69) is 11.9 Å². The summed E-state index contributed by atoms with van der Waals surface area (Å²) in [6.07, 6.45) is 1.40. The molecule has 1 aromatic carbocycles. The van der Waals surface area contributed by atoms with E-state index in [9.17, 15) is 9.90 Å². The third-order valence-corrected chi connectivity index (χ3v) is 2.37. The van der Waals surface area contributed by atoms with Crippen molar-refractivity contribution in [3.8, 4) is 0 Å². The first-order chi connectivity index (χ1) is 8.06. The van der Waals surface area contributed by atoms with Crippen LogP contribution in [-0.4, -0.2) is 17.1 Å². The van der Waals surface area contributed by atoms with Crippen LogP contribution in [0, 0.1) is 0 Å². The monoisotopic (exact) mass is 233 g/mol. The van der Waals surface area contributed by atoms with Crippen molar-refractivity contribution in [2.45, 2.75) is 32.4 Å². The van der Waals surface area contributed by atoms with Gasteiger partial charge in [0, 0.05) is 11.6 Å². The van der Waals surface area contributed by atoms with Gasteiger partial charge >= 0.3 is 0 Å². The van der Waals surface area contributed by atoms with E-state index < -0.39 is 6.10 Å². The Morgan fingerprint density at radius 2 is 2.12 bits per heavy atom. The lowest BCUT2D eigenvalue weighted by Gasteiger charge is -2.15. The van der Waals surface area contributed by atoms with E-state index in [-0.39, 0.29) is 11.9 Å². The van der Waals surface area contributed by atoms with E-state index in [1.807, 2.05) is 19.9 Å². The molecule has 0 aliphatic heterocycles. The summed E-state index contributed by atoms with van der Waals surface area (Å²) in [7, 11) is 0. The fourth-order valence-corrected chi connectivity index (χ4v) is 1.62. The van der Waals surface area contributed by atoms with Crippen LogP contribution in [0.3, 0.4) is 0 Å². The maximum Gasteiger partial charge on any atom is 0.251 e. The number of carbonyl (C=O) groups excluding carboxylic acids is 1. The summed E-state index contributed by atoms with van der Waals surface area (Å²) < 4.78 is 0. The predicted octanol–water partition coefficient (Wildman–Crippen LogP) is 2.43. The molecule has 0 aliphatic rings. The van der Waals surface area contributed by atoms with Crippen LogP contribution >= 0.6 is 0 Å². The predicted molar refractivity (Wildman–Crippen MR) is 68.8 cm³/mol. The van der Waals surface area contributed by atoms with Gasteiger partial charge < -0.3 is 10.4 Å². The van der Waals surface area contributed by atoms with Gasteiger partial charge in [0.05, 0.1) is 6.10 Å². The zero-order valence-electron chi connectivity index (χ0n) is 10.3. The number of benzene rings is 1. The van der Waals surface area contributed by atoms with Crippen LogP contribution in [-0.2, 0) is 0 Å². The summed E-state index contributed by atoms with van der Waals surface area (Å²) in [6, 6.07) is 7.17. The minimum Gasteiger partial charge on any atom is -0.388 e. The largest absolute Gasteiger partial charge is 0.388 e. The second-order valence-electron chi connectivity index (χ2n) is 4.26. The van der Waals surface area contributed by atoms with Gasteiger partial charge in [-0.15, -0.1) is 6.58 Å². The lowest BCUT2D eigenvalue weighted by atomic mass is 9.99. The molecule has 3 heteroatoms. The Labute approximate surface area is 102 Å². The van der Waals surface area contributed by atoms with Crippen LogP contribution in [0.2, 0.25) is 0 Å². The topological polar surface area (TPSA) is 49.3 Å². The van der Waals surface area contributed by atoms with Gasteiger partial charge in [-0.25, -0.2) is 0 Å². The molecule has 3 nitrogen and oxygen atoms in total. The van der Waals surface area contributed by atoms with E-state index in [0.717, 1.165) is 0 Å². The van der Waals surface area contributed by atoms with Gasteiger partial charge in [-0.1, -0.05) is 24.3 Å². The fraction of sp³-hybridized carbons (Fsp3) is 0.357. The van der Waals surface area contributed by atoms with E-state index in [1.165, 1.54) is 0 Å². The summed E-state index contributed by atoms with van der Waals surface area (Å²) in [5.41, 5.74) is 1.17. The number of carbonyl (C=O) groups is 1. The molecule has 1 atom stereocenters. The Hall–Kier alpha value is -1.61. The summed E-state index contributed by atoms with van der Waals surface area (Å²) in [5, 5.41) is 12.8.